The number of carbonyl (C=O) groups excluding carboxylic acids is 1. The summed E-state index contributed by atoms with van der Waals surface area (Å²) in [5.41, 5.74) is 5.02. The molecule has 0 amide bonds. The molecule has 0 N–H and O–H groups in total. The first-order chi connectivity index (χ1) is 18.5. The largest absolute Gasteiger partial charge is 0.460 e. The van der Waals surface area contributed by atoms with E-state index in [4.69, 9.17) is 14.2 Å². The lowest BCUT2D eigenvalue weighted by Crippen LogP contribution is -2.38. The van der Waals surface area contributed by atoms with Crippen molar-refractivity contribution in [2.45, 2.75) is 90.2 Å². The van der Waals surface area contributed by atoms with Crippen molar-refractivity contribution in [1.29, 1.82) is 0 Å². The molecule has 0 aliphatic carbocycles. The quantitative estimate of drug-likeness (QED) is 0.199. The van der Waals surface area contributed by atoms with Gasteiger partial charge in [0.2, 0.25) is 0 Å². The Morgan fingerprint density at radius 3 is 2.33 bits per heavy atom. The standard InChI is InChI=1S/C32H41FNO4P/c1-21(2)28-20-27(22-10-8-7-9-11-22)30(23-12-14-24(33)15-13-23)34(28)17-16-25-18-26(37-31(36-25)39-6)19-29(35)38-32(3,4)5/h7-15,20-21,25-26,31,39H,16-19H2,1-6H3/t25-,26-,31?/m1/s1. The third kappa shape index (κ3) is 7.78. The van der Waals surface area contributed by atoms with Gasteiger partial charge in [0.25, 0.3) is 0 Å². The number of aromatic nitrogens is 1. The van der Waals surface area contributed by atoms with Crippen molar-refractivity contribution in [1.82, 2.24) is 4.57 Å². The molecule has 0 radical (unpaired) electrons. The number of esters is 1. The van der Waals surface area contributed by atoms with E-state index in [1.165, 1.54) is 17.8 Å². The number of nitrogens with zero attached hydrogens (tertiary/aromatic N) is 1. The number of halogens is 1. The maximum Gasteiger partial charge on any atom is 0.308 e. The average molecular weight is 554 g/mol. The smallest absolute Gasteiger partial charge is 0.308 e. The molecule has 1 aliphatic rings. The zero-order valence-electron chi connectivity index (χ0n) is 23.9. The van der Waals surface area contributed by atoms with Crippen molar-refractivity contribution in [2.24, 2.45) is 0 Å². The molecular weight excluding hydrogens is 512 g/mol. The number of hydrogen-bond donors (Lipinski definition) is 0. The molecule has 2 heterocycles. The van der Waals surface area contributed by atoms with E-state index < -0.39 is 5.60 Å². The molecule has 210 valence electrons. The van der Waals surface area contributed by atoms with Gasteiger partial charge in [0.05, 0.1) is 24.3 Å². The normalized spacial score (nSPS) is 20.2. The van der Waals surface area contributed by atoms with E-state index in [9.17, 15) is 9.18 Å². The number of benzene rings is 2. The van der Waals surface area contributed by atoms with E-state index in [0.717, 1.165) is 35.3 Å². The van der Waals surface area contributed by atoms with Crippen LogP contribution < -0.4 is 0 Å². The summed E-state index contributed by atoms with van der Waals surface area (Å²) in [6.07, 6.45) is 1.34. The molecule has 2 aromatic carbocycles. The Labute approximate surface area is 233 Å². The Kier molecular flexibility index (Phi) is 9.64. The highest BCUT2D eigenvalue weighted by molar-refractivity contribution is 7.37. The lowest BCUT2D eigenvalue weighted by molar-refractivity contribution is -0.207. The van der Waals surface area contributed by atoms with Crippen LogP contribution in [0.2, 0.25) is 0 Å². The topological polar surface area (TPSA) is 49.7 Å². The summed E-state index contributed by atoms with van der Waals surface area (Å²) in [5.74, 6) is -0.202. The Bertz CT molecular complexity index is 1230. The zero-order valence-corrected chi connectivity index (χ0v) is 24.9. The second kappa shape index (κ2) is 12.8. The summed E-state index contributed by atoms with van der Waals surface area (Å²) >= 11 is 0. The van der Waals surface area contributed by atoms with Gasteiger partial charge in [-0.3, -0.25) is 4.79 Å². The number of rotatable bonds is 9. The Balaban J connectivity index is 1.62. The fourth-order valence-electron chi connectivity index (χ4n) is 5.13. The summed E-state index contributed by atoms with van der Waals surface area (Å²) in [6.45, 7) is 12.8. The van der Waals surface area contributed by atoms with Gasteiger partial charge in [-0.05, 0) is 81.2 Å². The first-order valence-electron chi connectivity index (χ1n) is 13.8. The van der Waals surface area contributed by atoms with Crippen molar-refractivity contribution in [3.05, 3.63) is 72.2 Å². The van der Waals surface area contributed by atoms with Gasteiger partial charge in [0.15, 0.2) is 6.03 Å². The average Bonchev–Trinajstić information content (AvgIpc) is 3.27. The van der Waals surface area contributed by atoms with E-state index in [1.807, 2.05) is 51.1 Å². The molecule has 1 aromatic heterocycles. The molecule has 39 heavy (non-hydrogen) atoms. The van der Waals surface area contributed by atoms with Gasteiger partial charge in [0, 0.05) is 24.2 Å². The van der Waals surface area contributed by atoms with Gasteiger partial charge in [-0.15, -0.1) is 0 Å². The van der Waals surface area contributed by atoms with Crippen LogP contribution in [0, 0.1) is 5.82 Å². The third-order valence-corrected chi connectivity index (χ3v) is 7.55. The Hall–Kier alpha value is -2.53. The SMILES string of the molecule is CPC1O[C@H](CCn2c(C(C)C)cc(-c3ccccc3)c2-c2ccc(F)cc2)C[C@H](CC(=O)OC(C)(C)C)O1. The van der Waals surface area contributed by atoms with Gasteiger partial charge < -0.3 is 18.8 Å². The number of carbonyl (C=O) groups is 1. The van der Waals surface area contributed by atoms with E-state index in [-0.39, 0.29) is 36.4 Å². The van der Waals surface area contributed by atoms with Crippen LogP contribution in [0.15, 0.2) is 60.7 Å². The van der Waals surface area contributed by atoms with Crippen LogP contribution >= 0.6 is 8.58 Å². The van der Waals surface area contributed by atoms with Gasteiger partial charge in [0.1, 0.15) is 11.4 Å². The fourth-order valence-corrected chi connectivity index (χ4v) is 5.78. The van der Waals surface area contributed by atoms with Crippen LogP contribution in [-0.4, -0.2) is 41.0 Å². The van der Waals surface area contributed by atoms with Crippen LogP contribution in [0.3, 0.4) is 0 Å². The molecule has 1 aliphatic heterocycles. The molecule has 1 saturated heterocycles. The molecule has 5 nitrogen and oxygen atoms in total. The molecule has 7 heteroatoms. The third-order valence-electron chi connectivity index (χ3n) is 6.81. The molecule has 0 spiro atoms. The lowest BCUT2D eigenvalue weighted by Gasteiger charge is -2.35. The van der Waals surface area contributed by atoms with Crippen molar-refractivity contribution in [3.63, 3.8) is 0 Å². The second-order valence-corrected chi connectivity index (χ2v) is 12.5. The molecule has 0 saturated carbocycles. The van der Waals surface area contributed by atoms with Crippen molar-refractivity contribution in [2.75, 3.05) is 6.66 Å². The fraction of sp³-hybridized carbons (Fsp3) is 0.469. The summed E-state index contributed by atoms with van der Waals surface area (Å²) in [7, 11) is 0.450. The highest BCUT2D eigenvalue weighted by Gasteiger charge is 2.32. The van der Waals surface area contributed by atoms with Crippen molar-refractivity contribution < 1.29 is 23.4 Å². The predicted octanol–water partition coefficient (Wildman–Crippen LogP) is 7.97. The van der Waals surface area contributed by atoms with Gasteiger partial charge >= 0.3 is 5.97 Å². The van der Waals surface area contributed by atoms with Crippen molar-refractivity contribution in [3.8, 4) is 22.4 Å². The maximum absolute atomic E-state index is 13.9. The first kappa shape index (κ1) is 29.5. The molecule has 1 fully saturated rings. The predicted molar refractivity (Wildman–Crippen MR) is 157 cm³/mol. The lowest BCUT2D eigenvalue weighted by atomic mass is 10.0. The number of hydrogen-bond acceptors (Lipinski definition) is 4. The Morgan fingerprint density at radius 2 is 1.72 bits per heavy atom. The molecule has 2 unspecified atom stereocenters. The van der Waals surface area contributed by atoms with Gasteiger partial charge in [-0.25, -0.2) is 4.39 Å². The van der Waals surface area contributed by atoms with Crippen molar-refractivity contribution >= 4 is 14.6 Å². The zero-order chi connectivity index (χ0) is 28.2. The van der Waals surface area contributed by atoms with Crippen LogP contribution in [0.1, 0.15) is 65.5 Å². The van der Waals surface area contributed by atoms with Crippen LogP contribution in [0.25, 0.3) is 22.4 Å². The highest BCUT2D eigenvalue weighted by atomic mass is 31.1. The Morgan fingerprint density at radius 1 is 1.05 bits per heavy atom. The van der Waals surface area contributed by atoms with E-state index in [2.05, 4.69) is 43.3 Å². The van der Waals surface area contributed by atoms with Crippen LogP contribution in [0.5, 0.6) is 0 Å². The number of ether oxygens (including phenoxy) is 3. The first-order valence-corrected chi connectivity index (χ1v) is 15.4. The summed E-state index contributed by atoms with van der Waals surface area (Å²) in [4.78, 5) is 12.5. The van der Waals surface area contributed by atoms with Gasteiger partial charge in [-0.1, -0.05) is 52.8 Å². The molecule has 4 atom stereocenters. The monoisotopic (exact) mass is 553 g/mol. The van der Waals surface area contributed by atoms with Crippen LogP contribution in [-0.2, 0) is 25.5 Å². The minimum Gasteiger partial charge on any atom is -0.460 e. The minimum absolute atomic E-state index is 0.0488. The summed E-state index contributed by atoms with van der Waals surface area (Å²) < 4.78 is 34.2. The molecular formula is C32H41FNO4P. The summed E-state index contributed by atoms with van der Waals surface area (Å²) in [6, 6.07) is 19.0. The highest BCUT2D eigenvalue weighted by Crippen LogP contribution is 2.39. The molecule has 0 bridgehead atoms. The molecule has 4 rings (SSSR count). The maximum atomic E-state index is 13.9. The van der Waals surface area contributed by atoms with E-state index in [0.29, 0.717) is 20.9 Å². The minimum atomic E-state index is -0.525. The summed E-state index contributed by atoms with van der Waals surface area (Å²) in [5, 5.41) is 0. The van der Waals surface area contributed by atoms with Crippen LogP contribution in [0.4, 0.5) is 4.39 Å². The van der Waals surface area contributed by atoms with E-state index in [1.54, 1.807) is 0 Å². The molecule has 3 aromatic rings. The van der Waals surface area contributed by atoms with Gasteiger partial charge in [-0.2, -0.15) is 0 Å². The van der Waals surface area contributed by atoms with E-state index >= 15 is 0 Å². The second-order valence-electron chi connectivity index (χ2n) is 11.5.